The van der Waals surface area contributed by atoms with Crippen molar-refractivity contribution in [3.05, 3.63) is 48.8 Å². The van der Waals surface area contributed by atoms with Crippen molar-refractivity contribution < 1.29 is 9.47 Å². The van der Waals surface area contributed by atoms with Crippen LogP contribution in [0.3, 0.4) is 0 Å². The average molecular weight is 516 g/mol. The van der Waals surface area contributed by atoms with E-state index in [9.17, 15) is 0 Å². The summed E-state index contributed by atoms with van der Waals surface area (Å²) in [6.07, 6.45) is 6.72. The van der Waals surface area contributed by atoms with Gasteiger partial charge in [-0.25, -0.2) is 0 Å². The third-order valence-electron chi connectivity index (χ3n) is 6.12. The lowest BCUT2D eigenvalue weighted by Gasteiger charge is -2.38. The summed E-state index contributed by atoms with van der Waals surface area (Å²) in [6.45, 7) is 30.2. The number of nitrogens with zero attached hydrogens (tertiary/aromatic N) is 3. The van der Waals surface area contributed by atoms with Gasteiger partial charge in [0.2, 0.25) is 0 Å². The Morgan fingerprint density at radius 2 is 1.30 bits per heavy atom. The minimum absolute atomic E-state index is 0.0959. The Labute approximate surface area is 228 Å². The van der Waals surface area contributed by atoms with Crippen LogP contribution in [0.1, 0.15) is 95.9 Å². The predicted molar refractivity (Wildman–Crippen MR) is 158 cm³/mol. The Kier molecular flexibility index (Phi) is 12.9. The molecule has 1 saturated heterocycles. The molecule has 0 bridgehead atoms. The lowest BCUT2D eigenvalue weighted by molar-refractivity contribution is -0.00389. The van der Waals surface area contributed by atoms with Crippen LogP contribution in [0.5, 0.6) is 5.75 Å². The van der Waals surface area contributed by atoms with Gasteiger partial charge >= 0.3 is 0 Å². The maximum absolute atomic E-state index is 5.60. The van der Waals surface area contributed by atoms with Gasteiger partial charge in [-0.15, -0.1) is 0 Å². The molecule has 0 N–H and O–H groups in total. The molecule has 0 radical (unpaired) electrons. The van der Waals surface area contributed by atoms with Crippen LogP contribution in [-0.2, 0) is 10.3 Å². The van der Waals surface area contributed by atoms with Gasteiger partial charge in [-0.05, 0) is 105 Å². The first-order valence-corrected chi connectivity index (χ1v) is 14.0. The zero-order valence-electron chi connectivity index (χ0n) is 26.1. The lowest BCUT2D eigenvalue weighted by atomic mass is 9.91. The summed E-state index contributed by atoms with van der Waals surface area (Å²) in [6, 6.07) is 11.8. The van der Waals surface area contributed by atoms with E-state index >= 15 is 0 Å². The highest BCUT2D eigenvalue weighted by Gasteiger charge is 2.33. The molecule has 5 nitrogen and oxygen atoms in total. The second kappa shape index (κ2) is 14.3. The van der Waals surface area contributed by atoms with E-state index in [0.29, 0.717) is 11.0 Å². The number of hydrogen-bond acceptors (Lipinski definition) is 4. The number of aromatic nitrogens is 2. The summed E-state index contributed by atoms with van der Waals surface area (Å²) in [5.74, 6) is 1.98. The summed E-state index contributed by atoms with van der Waals surface area (Å²) in [4.78, 5) is 2.45. The molecule has 2 aliphatic rings. The number of benzene rings is 1. The predicted octanol–water partition coefficient (Wildman–Crippen LogP) is 8.06. The minimum Gasteiger partial charge on any atom is -0.488 e. The Bertz CT molecular complexity index is 825. The highest BCUT2D eigenvalue weighted by Crippen LogP contribution is 2.44. The van der Waals surface area contributed by atoms with Gasteiger partial charge in [-0.2, -0.15) is 5.10 Å². The van der Waals surface area contributed by atoms with Crippen molar-refractivity contribution >= 4 is 0 Å². The van der Waals surface area contributed by atoms with Crippen molar-refractivity contribution in [3.63, 3.8) is 0 Å². The van der Waals surface area contributed by atoms with Crippen molar-refractivity contribution in [2.75, 3.05) is 26.3 Å². The summed E-state index contributed by atoms with van der Waals surface area (Å²) in [5, 5.41) is 4.10. The fourth-order valence-corrected chi connectivity index (χ4v) is 3.69. The number of hydrogen-bond donors (Lipinski definition) is 0. The third-order valence-corrected chi connectivity index (χ3v) is 6.12. The van der Waals surface area contributed by atoms with Crippen molar-refractivity contribution in [1.82, 2.24) is 14.7 Å². The van der Waals surface area contributed by atoms with Crippen LogP contribution in [0.15, 0.2) is 48.8 Å². The molecule has 1 saturated carbocycles. The van der Waals surface area contributed by atoms with Crippen LogP contribution < -0.4 is 4.74 Å². The van der Waals surface area contributed by atoms with Crippen LogP contribution in [0.4, 0.5) is 0 Å². The molecule has 4 rings (SSSR count). The smallest absolute Gasteiger partial charge is 0.120 e. The van der Waals surface area contributed by atoms with E-state index in [1.54, 1.807) is 6.20 Å². The monoisotopic (exact) mass is 515 g/mol. The van der Waals surface area contributed by atoms with E-state index in [2.05, 4.69) is 72.3 Å². The van der Waals surface area contributed by atoms with E-state index in [4.69, 9.17) is 9.47 Å². The van der Waals surface area contributed by atoms with Crippen molar-refractivity contribution in [2.24, 2.45) is 11.3 Å². The highest BCUT2D eigenvalue weighted by molar-refractivity contribution is 5.21. The van der Waals surface area contributed by atoms with E-state index in [1.165, 1.54) is 12.8 Å². The van der Waals surface area contributed by atoms with E-state index in [-0.39, 0.29) is 11.1 Å². The maximum atomic E-state index is 5.60. The van der Waals surface area contributed by atoms with Gasteiger partial charge in [-0.3, -0.25) is 9.58 Å². The molecule has 212 valence electrons. The SMILES string of the molecule is CC(C)(C)C1CC1.CC(C)(C)N1CCOCC1.CC(C)(C)Oc1ccccc1.CC(C)(C)n1cccn1. The van der Waals surface area contributed by atoms with Crippen LogP contribution in [0.2, 0.25) is 0 Å². The van der Waals surface area contributed by atoms with E-state index in [0.717, 1.165) is 38.0 Å². The summed E-state index contributed by atoms with van der Waals surface area (Å²) < 4.78 is 12.8. The molecule has 37 heavy (non-hydrogen) atoms. The second-order valence-electron chi connectivity index (χ2n) is 14.1. The first kappa shape index (κ1) is 33.2. The van der Waals surface area contributed by atoms with E-state index < -0.39 is 0 Å². The summed E-state index contributed by atoms with van der Waals surface area (Å²) in [5.41, 5.74) is 0.967. The molecule has 1 aromatic carbocycles. The molecule has 0 atom stereocenters. The Hall–Kier alpha value is -1.85. The molecule has 5 heteroatoms. The summed E-state index contributed by atoms with van der Waals surface area (Å²) >= 11 is 0. The number of rotatable bonds is 1. The standard InChI is InChI=1S/C10H14O.C8H17NO.C7H12N2.C7H14/c1-10(2,3)11-9-7-5-4-6-8-9;1-8(2,3)9-4-6-10-7-5-9;1-7(2,3)9-6-4-5-8-9;1-7(2,3)6-4-5-6/h4-8H,1-3H3;4-7H2,1-3H3;4-6H,1-3H3;6H,4-5H2,1-3H3. The molecular weight excluding hydrogens is 458 g/mol. The molecule has 1 aliphatic carbocycles. The molecule has 0 amide bonds. The van der Waals surface area contributed by atoms with Crippen LogP contribution in [0, 0.1) is 11.3 Å². The number of morpholine rings is 1. The zero-order chi connectivity index (χ0) is 28.3. The van der Waals surface area contributed by atoms with Gasteiger partial charge in [0.05, 0.1) is 18.8 Å². The van der Waals surface area contributed by atoms with Crippen LogP contribution in [-0.4, -0.2) is 52.1 Å². The van der Waals surface area contributed by atoms with E-state index in [1.807, 2.05) is 68.0 Å². The number of ether oxygens (including phenoxy) is 2. The molecule has 1 aromatic heterocycles. The minimum atomic E-state index is -0.0959. The quantitative estimate of drug-likeness (QED) is 0.385. The van der Waals surface area contributed by atoms with Gasteiger partial charge in [0.15, 0.2) is 0 Å². The summed E-state index contributed by atoms with van der Waals surface area (Å²) in [7, 11) is 0. The fraction of sp³-hybridized carbons (Fsp3) is 0.719. The van der Waals surface area contributed by atoms with Crippen molar-refractivity contribution in [2.45, 2.75) is 113 Å². The third kappa shape index (κ3) is 15.9. The van der Waals surface area contributed by atoms with Gasteiger partial charge < -0.3 is 9.47 Å². The molecule has 2 heterocycles. The van der Waals surface area contributed by atoms with Crippen molar-refractivity contribution in [3.8, 4) is 5.75 Å². The van der Waals surface area contributed by atoms with Gasteiger partial charge in [-0.1, -0.05) is 39.0 Å². The Morgan fingerprint density at radius 3 is 1.57 bits per heavy atom. The first-order chi connectivity index (χ1) is 16.9. The molecular formula is C32H57N3O2. The van der Waals surface area contributed by atoms with Gasteiger partial charge in [0, 0.05) is 31.0 Å². The fourth-order valence-electron chi connectivity index (χ4n) is 3.69. The topological polar surface area (TPSA) is 39.5 Å². The Morgan fingerprint density at radius 1 is 0.757 bits per heavy atom. The molecule has 2 aromatic rings. The maximum Gasteiger partial charge on any atom is 0.120 e. The zero-order valence-corrected chi connectivity index (χ0v) is 26.1. The number of para-hydroxylation sites is 1. The Balaban J connectivity index is 0.000000249. The molecule has 1 aliphatic heterocycles. The lowest BCUT2D eigenvalue weighted by Crippen LogP contribution is -2.47. The van der Waals surface area contributed by atoms with Crippen LogP contribution in [0.25, 0.3) is 0 Å². The average Bonchev–Trinajstić information content (AvgIpc) is 3.49. The first-order valence-electron chi connectivity index (χ1n) is 14.0. The highest BCUT2D eigenvalue weighted by atomic mass is 16.5. The van der Waals surface area contributed by atoms with Gasteiger partial charge in [0.25, 0.3) is 0 Å². The van der Waals surface area contributed by atoms with Crippen molar-refractivity contribution in [1.29, 1.82) is 0 Å². The molecule has 0 spiro atoms. The second-order valence-corrected chi connectivity index (χ2v) is 14.1. The largest absolute Gasteiger partial charge is 0.488 e. The van der Waals surface area contributed by atoms with Gasteiger partial charge in [0.1, 0.15) is 11.4 Å². The molecule has 2 fully saturated rings. The normalized spacial score (nSPS) is 16.8. The van der Waals surface area contributed by atoms with Crippen LogP contribution >= 0.6 is 0 Å². The molecule has 0 unspecified atom stereocenters.